The smallest absolute Gasteiger partial charge is 0.259 e. The minimum Gasteiger partial charge on any atom is -0.339 e. The Morgan fingerprint density at radius 2 is 1.67 bits per heavy atom. The summed E-state index contributed by atoms with van der Waals surface area (Å²) in [6.45, 7) is 4.74. The Morgan fingerprint density at radius 3 is 2.40 bits per heavy atom. The summed E-state index contributed by atoms with van der Waals surface area (Å²) in [7, 11) is -3.71. The molecule has 3 saturated heterocycles. The number of anilines is 1. The van der Waals surface area contributed by atoms with E-state index in [9.17, 15) is 32.4 Å². The molecule has 0 radical (unpaired) electrons. The number of rotatable bonds is 6. The normalized spacial score (nSPS) is 22.0. The van der Waals surface area contributed by atoms with Gasteiger partial charge in [-0.25, -0.2) is 8.42 Å². The highest BCUT2D eigenvalue weighted by molar-refractivity contribution is 7.88. The zero-order valence-corrected chi connectivity index (χ0v) is 27.8. The Balaban J connectivity index is 1.05. The molecule has 3 aromatic carbocycles. The van der Waals surface area contributed by atoms with Gasteiger partial charge in [0.2, 0.25) is 21.8 Å². The summed E-state index contributed by atoms with van der Waals surface area (Å²) < 4.78 is 28.2. The van der Waals surface area contributed by atoms with Crippen molar-refractivity contribution in [1.82, 2.24) is 14.5 Å². The summed E-state index contributed by atoms with van der Waals surface area (Å²) in [5.41, 5.74) is 2.48. The number of ketones is 1. The van der Waals surface area contributed by atoms with Gasteiger partial charge in [-0.3, -0.25) is 34.2 Å². The van der Waals surface area contributed by atoms with Gasteiger partial charge in [0, 0.05) is 60.9 Å². The molecule has 11 nitrogen and oxygen atoms in total. The van der Waals surface area contributed by atoms with E-state index in [1.807, 2.05) is 24.3 Å². The van der Waals surface area contributed by atoms with Crippen molar-refractivity contribution in [3.05, 3.63) is 76.9 Å². The zero-order valence-electron chi connectivity index (χ0n) is 27.0. The lowest BCUT2D eigenvalue weighted by atomic mass is 9.85. The first-order chi connectivity index (χ1) is 22.8. The lowest BCUT2D eigenvalue weighted by molar-refractivity contribution is -0.134. The van der Waals surface area contributed by atoms with Crippen LogP contribution >= 0.6 is 0 Å². The van der Waals surface area contributed by atoms with E-state index in [1.165, 1.54) is 9.21 Å². The lowest BCUT2D eigenvalue weighted by Gasteiger charge is -2.40. The molecule has 1 unspecified atom stereocenters. The summed E-state index contributed by atoms with van der Waals surface area (Å²) in [6.07, 6.45) is 2.27. The maximum absolute atomic E-state index is 13.6. The number of Topliss-reactive ketones (excluding diaryl/α,β-unsaturated/α-hetero) is 1. The molecule has 1 N–H and O–H groups in total. The van der Waals surface area contributed by atoms with Crippen LogP contribution in [0.1, 0.15) is 90.1 Å². The van der Waals surface area contributed by atoms with Crippen LogP contribution < -0.4 is 10.2 Å². The molecule has 4 heterocycles. The molecule has 4 aliphatic heterocycles. The molecule has 7 rings (SSSR count). The molecule has 0 aliphatic carbocycles. The zero-order chi connectivity index (χ0) is 34.0. The van der Waals surface area contributed by atoms with Gasteiger partial charge in [0.1, 0.15) is 11.8 Å². The van der Waals surface area contributed by atoms with E-state index in [-0.39, 0.29) is 67.4 Å². The van der Waals surface area contributed by atoms with E-state index >= 15 is 0 Å². The first-order valence-corrected chi connectivity index (χ1v) is 18.1. The quantitative estimate of drug-likeness (QED) is 0.392. The van der Waals surface area contributed by atoms with Gasteiger partial charge >= 0.3 is 0 Å². The Morgan fingerprint density at radius 1 is 0.917 bits per heavy atom. The van der Waals surface area contributed by atoms with E-state index < -0.39 is 27.5 Å². The molecular weight excluding hydrogens is 632 g/mol. The van der Waals surface area contributed by atoms with Crippen LogP contribution in [-0.2, 0) is 30.2 Å². The fraction of sp³-hybridized carbons (Fsp3) is 0.417. The van der Waals surface area contributed by atoms with Gasteiger partial charge in [0.05, 0.1) is 11.4 Å². The average Bonchev–Trinajstić information content (AvgIpc) is 3.32. The van der Waals surface area contributed by atoms with E-state index in [4.69, 9.17) is 0 Å². The van der Waals surface area contributed by atoms with Crippen molar-refractivity contribution in [2.24, 2.45) is 0 Å². The lowest BCUT2D eigenvalue weighted by Crippen LogP contribution is -2.53. The number of sulfonamides is 1. The Labute approximate surface area is 279 Å². The fourth-order valence-corrected chi connectivity index (χ4v) is 9.93. The van der Waals surface area contributed by atoms with Crippen molar-refractivity contribution in [2.45, 2.75) is 75.6 Å². The molecule has 0 bridgehead atoms. The molecule has 48 heavy (non-hydrogen) atoms. The van der Waals surface area contributed by atoms with Gasteiger partial charge in [-0.2, -0.15) is 4.31 Å². The predicted octanol–water partition coefficient (Wildman–Crippen LogP) is 3.90. The number of carbonyl (C=O) groups excluding carboxylic acids is 5. The van der Waals surface area contributed by atoms with Crippen LogP contribution in [0.4, 0.5) is 5.69 Å². The van der Waals surface area contributed by atoms with Crippen LogP contribution in [0, 0.1) is 0 Å². The van der Waals surface area contributed by atoms with Gasteiger partial charge in [-0.15, -0.1) is 0 Å². The molecule has 4 aliphatic rings. The number of imide groups is 1. The number of amides is 4. The highest BCUT2D eigenvalue weighted by Crippen LogP contribution is 2.44. The van der Waals surface area contributed by atoms with Crippen LogP contribution in [0.25, 0.3) is 10.8 Å². The number of benzene rings is 3. The number of carbonyl (C=O) groups is 5. The average molecular weight is 671 g/mol. The number of hydrogen-bond donors (Lipinski definition) is 1. The van der Waals surface area contributed by atoms with E-state index in [2.05, 4.69) is 5.32 Å². The van der Waals surface area contributed by atoms with Gasteiger partial charge in [0.15, 0.2) is 0 Å². The summed E-state index contributed by atoms with van der Waals surface area (Å²) in [5, 5.41) is 4.13. The van der Waals surface area contributed by atoms with Crippen LogP contribution in [-0.4, -0.2) is 78.2 Å². The van der Waals surface area contributed by atoms with Crippen LogP contribution in [0.5, 0.6) is 0 Å². The first kappa shape index (κ1) is 32.1. The third-order valence-corrected chi connectivity index (χ3v) is 12.3. The van der Waals surface area contributed by atoms with Crippen molar-refractivity contribution in [3.63, 3.8) is 0 Å². The monoisotopic (exact) mass is 670 g/mol. The second kappa shape index (κ2) is 11.9. The van der Waals surface area contributed by atoms with E-state index in [0.717, 1.165) is 16.3 Å². The van der Waals surface area contributed by atoms with E-state index in [1.54, 1.807) is 49.1 Å². The fourth-order valence-electron chi connectivity index (χ4n) is 7.99. The van der Waals surface area contributed by atoms with Crippen molar-refractivity contribution in [2.75, 3.05) is 24.5 Å². The summed E-state index contributed by atoms with van der Waals surface area (Å²) >= 11 is 0. The molecule has 0 aromatic heterocycles. The van der Waals surface area contributed by atoms with E-state index in [0.29, 0.717) is 48.3 Å². The largest absolute Gasteiger partial charge is 0.339 e. The van der Waals surface area contributed by atoms with Gasteiger partial charge in [-0.1, -0.05) is 30.3 Å². The topological polar surface area (TPSA) is 141 Å². The molecule has 250 valence electrons. The highest BCUT2D eigenvalue weighted by atomic mass is 32.2. The first-order valence-electron chi connectivity index (χ1n) is 16.5. The standard InChI is InChI=1S/C36H38N4O7S/c1-36(2)20-25(41)15-18-39(36)48(46,47)21-22-5-3-6-24(19-22)34(44)38-16-13-23(14-17-38)26-9-10-29-32-27(26)7-4-8-28(32)35(45)40(29)30-11-12-31(42)37-33(30)43/h3-10,19,23,30H,11-18,20-21H2,1-2H3,(H,37,42,43). The molecule has 1 atom stereocenters. The third kappa shape index (κ3) is 5.60. The molecule has 3 fully saturated rings. The Hall–Kier alpha value is -4.42. The van der Waals surface area contributed by atoms with Crippen LogP contribution in [0.3, 0.4) is 0 Å². The van der Waals surface area contributed by atoms with Crippen molar-refractivity contribution < 1.29 is 32.4 Å². The van der Waals surface area contributed by atoms with Crippen LogP contribution in [0.2, 0.25) is 0 Å². The van der Waals surface area contributed by atoms with Crippen LogP contribution in [0.15, 0.2) is 54.6 Å². The molecule has 12 heteroatoms. The maximum Gasteiger partial charge on any atom is 0.259 e. The number of nitrogens with one attached hydrogen (secondary N) is 1. The second-order valence-electron chi connectivity index (χ2n) is 13.9. The molecule has 3 aromatic rings. The maximum atomic E-state index is 13.6. The molecule has 0 spiro atoms. The minimum atomic E-state index is -3.71. The number of hydrogen-bond acceptors (Lipinski definition) is 7. The molecule has 4 amide bonds. The SMILES string of the molecule is CC1(C)CC(=O)CCN1S(=O)(=O)Cc1cccc(C(=O)N2CCC(c3ccc4c5c(cccc35)C(=O)N4C3CCC(=O)NC3=O)CC2)c1. The van der Waals surface area contributed by atoms with Gasteiger partial charge in [0.25, 0.3) is 11.8 Å². The van der Waals surface area contributed by atoms with Crippen molar-refractivity contribution in [3.8, 4) is 0 Å². The minimum absolute atomic E-state index is 0.0583. The number of nitrogens with zero attached hydrogens (tertiary/aromatic N) is 3. The second-order valence-corrected chi connectivity index (χ2v) is 15.8. The van der Waals surface area contributed by atoms with Crippen molar-refractivity contribution in [1.29, 1.82) is 0 Å². The number of likely N-dealkylation sites (tertiary alicyclic amines) is 1. The Bertz CT molecular complexity index is 2000. The number of piperidine rings is 3. The summed E-state index contributed by atoms with van der Waals surface area (Å²) in [6, 6.07) is 15.6. The third-order valence-electron chi connectivity index (χ3n) is 10.3. The van der Waals surface area contributed by atoms with Gasteiger partial charge < -0.3 is 4.90 Å². The Kier molecular flexibility index (Phi) is 7.98. The van der Waals surface area contributed by atoms with Crippen molar-refractivity contribution >= 4 is 55.9 Å². The van der Waals surface area contributed by atoms with Gasteiger partial charge in [-0.05, 0) is 79.8 Å². The highest BCUT2D eigenvalue weighted by Gasteiger charge is 2.42. The predicted molar refractivity (Wildman–Crippen MR) is 179 cm³/mol. The molecular formula is C36H38N4O7S. The molecule has 0 saturated carbocycles. The summed E-state index contributed by atoms with van der Waals surface area (Å²) in [4.78, 5) is 66.9. The summed E-state index contributed by atoms with van der Waals surface area (Å²) in [5.74, 6) is -1.23.